The summed E-state index contributed by atoms with van der Waals surface area (Å²) in [6, 6.07) is 17.2. The monoisotopic (exact) mass is 269 g/mol. The minimum Gasteiger partial charge on any atom is -0.479 e. The first-order valence-electron chi connectivity index (χ1n) is 6.20. The molecule has 0 saturated carbocycles. The Kier molecular flexibility index (Phi) is 3.84. The minimum absolute atomic E-state index is 0.417. The predicted octanol–water partition coefficient (Wildman–Crippen LogP) is 2.42. The quantitative estimate of drug-likeness (QED) is 0.895. The number of benzene rings is 2. The van der Waals surface area contributed by atoms with Crippen molar-refractivity contribution in [2.45, 2.75) is 12.5 Å². The van der Waals surface area contributed by atoms with Gasteiger partial charge in [-0.1, -0.05) is 48.5 Å². The van der Waals surface area contributed by atoms with Crippen molar-refractivity contribution < 1.29 is 14.7 Å². The molecule has 102 valence electrons. The van der Waals surface area contributed by atoms with Gasteiger partial charge in [0.1, 0.15) is 0 Å². The number of carboxylic acids is 1. The van der Waals surface area contributed by atoms with Crippen LogP contribution in [0.3, 0.4) is 0 Å². The summed E-state index contributed by atoms with van der Waals surface area (Å²) < 4.78 is 0. The molecule has 0 aliphatic carbocycles. The molecule has 1 amide bonds. The highest BCUT2D eigenvalue weighted by atomic mass is 16.4. The van der Waals surface area contributed by atoms with Crippen LogP contribution in [0.4, 0.5) is 0 Å². The Morgan fingerprint density at radius 3 is 1.95 bits per heavy atom. The third-order valence-corrected chi connectivity index (χ3v) is 3.18. The molecule has 0 heterocycles. The number of aliphatic carboxylic acids is 1. The number of hydrogen-bond donors (Lipinski definition) is 2. The Labute approximate surface area is 117 Å². The molecule has 2 N–H and O–H groups in total. The second kappa shape index (κ2) is 5.57. The van der Waals surface area contributed by atoms with Crippen LogP contribution in [0, 0.1) is 0 Å². The largest absolute Gasteiger partial charge is 0.479 e. The number of nitrogens with one attached hydrogen (secondary N) is 1. The van der Waals surface area contributed by atoms with Gasteiger partial charge in [0.05, 0.1) is 0 Å². The van der Waals surface area contributed by atoms with Gasteiger partial charge in [0.15, 0.2) is 5.54 Å². The Morgan fingerprint density at radius 1 is 0.950 bits per heavy atom. The molecule has 0 aliphatic rings. The molecular weight excluding hydrogens is 254 g/mol. The van der Waals surface area contributed by atoms with E-state index >= 15 is 0 Å². The van der Waals surface area contributed by atoms with Gasteiger partial charge in [0.25, 0.3) is 5.91 Å². The van der Waals surface area contributed by atoms with Crippen LogP contribution >= 0.6 is 0 Å². The lowest BCUT2D eigenvalue weighted by Gasteiger charge is -2.26. The van der Waals surface area contributed by atoms with Gasteiger partial charge in [-0.25, -0.2) is 4.79 Å². The number of carboxylic acid groups (broad SMARTS) is 1. The van der Waals surface area contributed by atoms with Gasteiger partial charge in [0.2, 0.25) is 0 Å². The van der Waals surface area contributed by atoms with Gasteiger partial charge in [0, 0.05) is 5.56 Å². The van der Waals surface area contributed by atoms with Crippen LogP contribution in [-0.2, 0) is 10.3 Å². The highest BCUT2D eigenvalue weighted by molar-refractivity contribution is 5.98. The van der Waals surface area contributed by atoms with Crippen molar-refractivity contribution in [2.24, 2.45) is 0 Å². The van der Waals surface area contributed by atoms with Crippen LogP contribution in [-0.4, -0.2) is 17.0 Å². The average Bonchev–Trinajstić information content (AvgIpc) is 2.48. The normalized spacial score (nSPS) is 13.2. The molecule has 1 atom stereocenters. The lowest BCUT2D eigenvalue weighted by Crippen LogP contribution is -2.49. The van der Waals surface area contributed by atoms with E-state index in [4.69, 9.17) is 0 Å². The molecule has 0 bridgehead atoms. The molecule has 4 nitrogen and oxygen atoms in total. The zero-order valence-corrected chi connectivity index (χ0v) is 11.0. The fourth-order valence-corrected chi connectivity index (χ4v) is 1.91. The second-order valence-corrected chi connectivity index (χ2v) is 4.62. The molecule has 0 fully saturated rings. The first-order valence-corrected chi connectivity index (χ1v) is 6.20. The van der Waals surface area contributed by atoms with Crippen LogP contribution in [0.5, 0.6) is 0 Å². The molecule has 2 rings (SSSR count). The highest BCUT2D eigenvalue weighted by Gasteiger charge is 2.36. The topological polar surface area (TPSA) is 66.4 Å². The van der Waals surface area contributed by atoms with E-state index in [-0.39, 0.29) is 0 Å². The van der Waals surface area contributed by atoms with Gasteiger partial charge >= 0.3 is 5.97 Å². The van der Waals surface area contributed by atoms with Crippen LogP contribution in [0.15, 0.2) is 60.7 Å². The van der Waals surface area contributed by atoms with E-state index in [2.05, 4.69) is 5.32 Å². The number of hydrogen-bond acceptors (Lipinski definition) is 2. The summed E-state index contributed by atoms with van der Waals surface area (Å²) in [4.78, 5) is 23.7. The predicted molar refractivity (Wildman–Crippen MR) is 75.3 cm³/mol. The molecule has 0 radical (unpaired) electrons. The maximum Gasteiger partial charge on any atom is 0.333 e. The molecule has 0 saturated heterocycles. The third kappa shape index (κ3) is 2.69. The van der Waals surface area contributed by atoms with E-state index in [0.717, 1.165) is 0 Å². The number of rotatable bonds is 4. The van der Waals surface area contributed by atoms with Gasteiger partial charge < -0.3 is 10.4 Å². The fourth-order valence-electron chi connectivity index (χ4n) is 1.91. The molecule has 20 heavy (non-hydrogen) atoms. The van der Waals surface area contributed by atoms with Crippen LogP contribution in [0.25, 0.3) is 0 Å². The molecule has 0 aliphatic heterocycles. The van der Waals surface area contributed by atoms with Crippen LogP contribution in [0.1, 0.15) is 22.8 Å². The standard InChI is InChI=1S/C16H15NO3/c1-16(15(19)20,13-10-6-3-7-11-13)17-14(18)12-8-4-2-5-9-12/h2-11H,1H3,(H,17,18)(H,19,20)/t16-/m0/s1. The Bertz CT molecular complexity index is 610. The van der Waals surface area contributed by atoms with Crippen LogP contribution in [0.2, 0.25) is 0 Å². The molecule has 4 heteroatoms. The summed E-state index contributed by atoms with van der Waals surface area (Å²) in [5.74, 6) is -1.52. The minimum atomic E-state index is -1.46. The van der Waals surface area contributed by atoms with Crippen molar-refractivity contribution in [3.8, 4) is 0 Å². The van der Waals surface area contributed by atoms with Gasteiger partial charge in [-0.2, -0.15) is 0 Å². The number of carbonyl (C=O) groups is 2. The van der Waals surface area contributed by atoms with Gasteiger partial charge in [-0.3, -0.25) is 4.79 Å². The van der Waals surface area contributed by atoms with Gasteiger partial charge in [-0.05, 0) is 24.6 Å². The molecule has 0 spiro atoms. The zero-order chi connectivity index (χ0) is 14.6. The van der Waals surface area contributed by atoms with E-state index in [1.165, 1.54) is 6.92 Å². The summed E-state index contributed by atoms with van der Waals surface area (Å²) in [6.45, 7) is 1.48. The average molecular weight is 269 g/mol. The third-order valence-electron chi connectivity index (χ3n) is 3.18. The SMILES string of the molecule is C[C@@](NC(=O)c1ccccc1)(C(=O)O)c1ccccc1. The summed E-state index contributed by atoms with van der Waals surface area (Å²) in [7, 11) is 0. The van der Waals surface area contributed by atoms with Crippen molar-refractivity contribution in [3.63, 3.8) is 0 Å². The first-order chi connectivity index (χ1) is 9.54. The van der Waals surface area contributed by atoms with E-state index in [1.807, 2.05) is 0 Å². The van der Waals surface area contributed by atoms with Crippen molar-refractivity contribution in [1.82, 2.24) is 5.32 Å². The van der Waals surface area contributed by atoms with E-state index in [1.54, 1.807) is 60.7 Å². The van der Waals surface area contributed by atoms with Crippen molar-refractivity contribution in [3.05, 3.63) is 71.8 Å². The van der Waals surface area contributed by atoms with E-state index in [9.17, 15) is 14.7 Å². The Balaban J connectivity index is 2.32. The number of amides is 1. The Hall–Kier alpha value is -2.62. The fraction of sp³-hybridized carbons (Fsp3) is 0.125. The lowest BCUT2D eigenvalue weighted by atomic mass is 9.91. The highest BCUT2D eigenvalue weighted by Crippen LogP contribution is 2.21. The van der Waals surface area contributed by atoms with Gasteiger partial charge in [-0.15, -0.1) is 0 Å². The van der Waals surface area contributed by atoms with E-state index < -0.39 is 17.4 Å². The maximum atomic E-state index is 12.2. The lowest BCUT2D eigenvalue weighted by molar-refractivity contribution is -0.144. The summed E-state index contributed by atoms with van der Waals surface area (Å²) in [5, 5.41) is 12.1. The van der Waals surface area contributed by atoms with Crippen molar-refractivity contribution in [1.29, 1.82) is 0 Å². The van der Waals surface area contributed by atoms with Crippen molar-refractivity contribution in [2.75, 3.05) is 0 Å². The smallest absolute Gasteiger partial charge is 0.333 e. The molecule has 2 aromatic rings. The molecular formula is C16H15NO3. The Morgan fingerprint density at radius 2 is 1.45 bits per heavy atom. The van der Waals surface area contributed by atoms with Crippen molar-refractivity contribution >= 4 is 11.9 Å². The zero-order valence-electron chi connectivity index (χ0n) is 11.0. The second-order valence-electron chi connectivity index (χ2n) is 4.62. The molecule has 0 unspecified atom stereocenters. The summed E-state index contributed by atoms with van der Waals surface area (Å²) in [5.41, 5.74) is -0.513. The molecule has 0 aromatic heterocycles. The summed E-state index contributed by atoms with van der Waals surface area (Å²) >= 11 is 0. The van der Waals surface area contributed by atoms with E-state index in [0.29, 0.717) is 11.1 Å². The maximum absolute atomic E-state index is 12.2. The number of carbonyl (C=O) groups excluding carboxylic acids is 1. The summed E-state index contributed by atoms with van der Waals surface area (Å²) in [6.07, 6.45) is 0. The first kappa shape index (κ1) is 13.8. The van der Waals surface area contributed by atoms with Crippen LogP contribution < -0.4 is 5.32 Å². The molecule has 2 aromatic carbocycles.